The van der Waals surface area contributed by atoms with Crippen LogP contribution in [0, 0.1) is 6.92 Å². The lowest BCUT2D eigenvalue weighted by Gasteiger charge is -2.08. The molecule has 3 N–H and O–H groups in total. The van der Waals surface area contributed by atoms with Gasteiger partial charge in [-0.2, -0.15) is 0 Å². The zero-order chi connectivity index (χ0) is 19.4. The third-order valence-corrected chi connectivity index (χ3v) is 5.22. The molecule has 0 saturated heterocycles. The Morgan fingerprint density at radius 1 is 1.30 bits per heavy atom. The number of carbonyl (C=O) groups excluding carboxylic acids is 1. The second-order valence-corrected chi connectivity index (χ2v) is 7.56. The van der Waals surface area contributed by atoms with Gasteiger partial charge in [-0.05, 0) is 42.8 Å². The summed E-state index contributed by atoms with van der Waals surface area (Å²) in [7, 11) is 1.60. The van der Waals surface area contributed by atoms with E-state index in [0.29, 0.717) is 16.7 Å². The van der Waals surface area contributed by atoms with E-state index in [9.17, 15) is 4.79 Å². The monoisotopic (exact) mass is 447 g/mol. The summed E-state index contributed by atoms with van der Waals surface area (Å²) >= 11 is 4.63. The first-order valence-corrected chi connectivity index (χ1v) is 9.79. The average molecular weight is 448 g/mol. The van der Waals surface area contributed by atoms with E-state index in [2.05, 4.69) is 31.4 Å². The van der Waals surface area contributed by atoms with E-state index in [4.69, 9.17) is 10.6 Å². The van der Waals surface area contributed by atoms with Crippen LogP contribution in [0.15, 0.2) is 52.1 Å². The Morgan fingerprint density at radius 3 is 2.85 bits per heavy atom. The molecule has 3 aromatic rings. The van der Waals surface area contributed by atoms with Crippen LogP contribution in [0.3, 0.4) is 0 Å². The first-order chi connectivity index (χ1) is 13.0. The van der Waals surface area contributed by atoms with E-state index in [1.54, 1.807) is 7.11 Å². The number of anilines is 1. The van der Waals surface area contributed by atoms with Crippen molar-refractivity contribution >= 4 is 39.3 Å². The number of nitrogens with one attached hydrogen (secondary N) is 1. The largest absolute Gasteiger partial charge is 0.497 e. The zero-order valence-corrected chi connectivity index (χ0v) is 17.2. The topological polar surface area (TPSA) is 95.1 Å². The predicted octanol–water partition coefficient (Wildman–Crippen LogP) is 3.47. The third-order valence-electron chi connectivity index (χ3n) is 3.79. The first kappa shape index (κ1) is 19.2. The van der Waals surface area contributed by atoms with Crippen molar-refractivity contribution in [3.05, 3.63) is 52.5 Å². The Labute approximate surface area is 169 Å². The first-order valence-electron chi connectivity index (χ1n) is 8.01. The zero-order valence-electron chi connectivity index (χ0n) is 14.8. The van der Waals surface area contributed by atoms with Crippen molar-refractivity contribution in [2.75, 3.05) is 24.0 Å². The number of carbonyl (C=O) groups is 1. The fourth-order valence-corrected chi connectivity index (χ4v) is 3.55. The van der Waals surface area contributed by atoms with Gasteiger partial charge in [0.15, 0.2) is 5.82 Å². The van der Waals surface area contributed by atoms with Gasteiger partial charge < -0.3 is 15.9 Å². The number of ether oxygens (including phenoxy) is 1. The van der Waals surface area contributed by atoms with E-state index in [-0.39, 0.29) is 11.7 Å². The molecular weight excluding hydrogens is 430 g/mol. The van der Waals surface area contributed by atoms with Crippen LogP contribution in [-0.2, 0) is 4.79 Å². The molecule has 1 amide bonds. The van der Waals surface area contributed by atoms with Gasteiger partial charge in [-0.15, -0.1) is 10.2 Å². The fraction of sp³-hybridized carbons (Fsp3) is 0.167. The van der Waals surface area contributed by atoms with Gasteiger partial charge in [0.1, 0.15) is 5.75 Å². The van der Waals surface area contributed by atoms with Crippen molar-refractivity contribution < 1.29 is 9.53 Å². The standard InChI is InChI=1S/C18H18BrN5O2S/c1-11-8-13(19)6-7-15(11)21-16(25)10-27-18-23-22-17(24(18)20)12-4-3-5-14(9-12)26-2/h3-9H,10,20H2,1-2H3,(H,21,25). The number of aryl methyl sites for hydroxylation is 1. The summed E-state index contributed by atoms with van der Waals surface area (Å²) in [6, 6.07) is 13.1. The summed E-state index contributed by atoms with van der Waals surface area (Å²) in [5, 5.41) is 11.5. The second-order valence-electron chi connectivity index (χ2n) is 5.70. The second kappa shape index (κ2) is 8.45. The average Bonchev–Trinajstić information content (AvgIpc) is 3.03. The minimum Gasteiger partial charge on any atom is -0.497 e. The summed E-state index contributed by atoms with van der Waals surface area (Å²) in [5.41, 5.74) is 2.53. The Morgan fingerprint density at radius 2 is 2.11 bits per heavy atom. The molecule has 0 aliphatic heterocycles. The highest BCUT2D eigenvalue weighted by molar-refractivity contribution is 9.10. The molecule has 9 heteroatoms. The molecule has 0 unspecified atom stereocenters. The number of aromatic nitrogens is 3. The maximum absolute atomic E-state index is 12.2. The van der Waals surface area contributed by atoms with Gasteiger partial charge in [-0.25, -0.2) is 4.68 Å². The van der Waals surface area contributed by atoms with Crippen molar-refractivity contribution in [3.63, 3.8) is 0 Å². The maximum atomic E-state index is 12.2. The molecule has 0 bridgehead atoms. The summed E-state index contributed by atoms with van der Waals surface area (Å²) in [5.74, 6) is 7.33. The van der Waals surface area contributed by atoms with E-state index in [1.807, 2.05) is 49.4 Å². The quantitative estimate of drug-likeness (QED) is 0.443. The Bertz CT molecular complexity index is 976. The molecule has 27 heavy (non-hydrogen) atoms. The van der Waals surface area contributed by atoms with Gasteiger partial charge in [0, 0.05) is 15.7 Å². The molecule has 0 aliphatic carbocycles. The smallest absolute Gasteiger partial charge is 0.234 e. The number of rotatable bonds is 6. The van der Waals surface area contributed by atoms with Crippen LogP contribution in [0.1, 0.15) is 5.56 Å². The van der Waals surface area contributed by atoms with Gasteiger partial charge in [-0.1, -0.05) is 39.8 Å². The highest BCUT2D eigenvalue weighted by Crippen LogP contribution is 2.25. The van der Waals surface area contributed by atoms with Crippen molar-refractivity contribution in [2.24, 2.45) is 0 Å². The van der Waals surface area contributed by atoms with E-state index in [0.717, 1.165) is 21.3 Å². The molecule has 3 rings (SSSR count). The normalized spacial score (nSPS) is 10.6. The van der Waals surface area contributed by atoms with Crippen LogP contribution in [0.25, 0.3) is 11.4 Å². The van der Waals surface area contributed by atoms with Crippen molar-refractivity contribution in [1.29, 1.82) is 0 Å². The molecule has 140 valence electrons. The van der Waals surface area contributed by atoms with E-state index >= 15 is 0 Å². The van der Waals surface area contributed by atoms with Crippen molar-refractivity contribution in [1.82, 2.24) is 14.9 Å². The minimum absolute atomic E-state index is 0.142. The number of hydrogen-bond acceptors (Lipinski definition) is 6. The fourth-order valence-electron chi connectivity index (χ4n) is 2.42. The van der Waals surface area contributed by atoms with Crippen LogP contribution in [0.2, 0.25) is 0 Å². The number of nitrogens with zero attached hydrogens (tertiary/aromatic N) is 3. The molecule has 2 aromatic carbocycles. The molecule has 0 spiro atoms. The SMILES string of the molecule is COc1cccc(-c2nnc(SCC(=O)Nc3ccc(Br)cc3C)n2N)c1. The number of halogens is 1. The molecule has 7 nitrogen and oxygen atoms in total. The number of hydrogen-bond donors (Lipinski definition) is 2. The van der Waals surface area contributed by atoms with Crippen LogP contribution in [0.5, 0.6) is 5.75 Å². The number of benzene rings is 2. The van der Waals surface area contributed by atoms with Gasteiger partial charge in [0.05, 0.1) is 12.9 Å². The van der Waals surface area contributed by atoms with Crippen LogP contribution in [0.4, 0.5) is 5.69 Å². The Kier molecular flexibility index (Phi) is 6.02. The molecular formula is C18H18BrN5O2S. The molecule has 1 aromatic heterocycles. The van der Waals surface area contributed by atoms with E-state index in [1.165, 1.54) is 16.4 Å². The van der Waals surface area contributed by atoms with Crippen molar-refractivity contribution in [2.45, 2.75) is 12.1 Å². The molecule has 0 fully saturated rings. The predicted molar refractivity (Wildman–Crippen MR) is 110 cm³/mol. The Balaban J connectivity index is 1.66. The lowest BCUT2D eigenvalue weighted by atomic mass is 10.2. The highest BCUT2D eigenvalue weighted by Gasteiger charge is 2.14. The summed E-state index contributed by atoms with van der Waals surface area (Å²) in [4.78, 5) is 12.2. The van der Waals surface area contributed by atoms with Gasteiger partial charge in [0.2, 0.25) is 11.1 Å². The lowest BCUT2D eigenvalue weighted by molar-refractivity contribution is -0.113. The van der Waals surface area contributed by atoms with Crippen LogP contribution < -0.4 is 15.9 Å². The van der Waals surface area contributed by atoms with Crippen LogP contribution >= 0.6 is 27.7 Å². The number of amides is 1. The van der Waals surface area contributed by atoms with Crippen LogP contribution in [-0.4, -0.2) is 33.6 Å². The summed E-state index contributed by atoms with van der Waals surface area (Å²) in [6.45, 7) is 1.93. The maximum Gasteiger partial charge on any atom is 0.234 e. The van der Waals surface area contributed by atoms with Crippen molar-refractivity contribution in [3.8, 4) is 17.1 Å². The lowest BCUT2D eigenvalue weighted by Crippen LogP contribution is -2.17. The van der Waals surface area contributed by atoms with E-state index < -0.39 is 0 Å². The van der Waals surface area contributed by atoms with Gasteiger partial charge in [0.25, 0.3) is 0 Å². The molecule has 0 radical (unpaired) electrons. The Hall–Kier alpha value is -2.52. The van der Waals surface area contributed by atoms with Gasteiger partial charge in [-0.3, -0.25) is 4.79 Å². The molecule has 0 saturated carbocycles. The summed E-state index contributed by atoms with van der Waals surface area (Å²) in [6.07, 6.45) is 0. The molecule has 0 atom stereocenters. The molecule has 0 aliphatic rings. The minimum atomic E-state index is -0.142. The number of methoxy groups -OCH3 is 1. The number of thioether (sulfide) groups is 1. The number of nitrogens with two attached hydrogens (primary N) is 1. The third kappa shape index (κ3) is 4.61. The van der Waals surface area contributed by atoms with Gasteiger partial charge >= 0.3 is 0 Å². The summed E-state index contributed by atoms with van der Waals surface area (Å²) < 4.78 is 7.56. The number of nitrogen functional groups attached to an aromatic ring is 1. The molecule has 1 heterocycles. The highest BCUT2D eigenvalue weighted by atomic mass is 79.9.